The standard InChI is InChI=1S/C22H26N2OS/c25-22(13-16-26-15-12-19-7-3-1-4-8-19)23-21-11-14-24(18-21)17-20-9-5-2-6-10-20/h1-10,12,15,21H,11,13-14,16-18H2,(H,23,25). The van der Waals surface area contributed by atoms with Gasteiger partial charge in [-0.05, 0) is 29.0 Å². The van der Waals surface area contributed by atoms with E-state index in [4.69, 9.17) is 0 Å². The fraction of sp³-hybridized carbons (Fsp3) is 0.318. The summed E-state index contributed by atoms with van der Waals surface area (Å²) in [5, 5.41) is 5.25. The number of thioether (sulfide) groups is 1. The second-order valence-corrected chi connectivity index (χ2v) is 7.62. The van der Waals surface area contributed by atoms with Crippen LogP contribution in [0.4, 0.5) is 0 Å². The third-order valence-corrected chi connectivity index (χ3v) is 5.26. The first kappa shape index (κ1) is 18.7. The fourth-order valence-corrected chi connectivity index (χ4v) is 3.84. The average Bonchev–Trinajstić information content (AvgIpc) is 3.10. The van der Waals surface area contributed by atoms with Crippen LogP contribution in [0.15, 0.2) is 66.1 Å². The highest BCUT2D eigenvalue weighted by Crippen LogP contribution is 2.14. The van der Waals surface area contributed by atoms with Crippen LogP contribution in [-0.2, 0) is 11.3 Å². The minimum atomic E-state index is 0.164. The lowest BCUT2D eigenvalue weighted by Crippen LogP contribution is -2.37. The van der Waals surface area contributed by atoms with E-state index in [1.807, 2.05) is 24.3 Å². The summed E-state index contributed by atoms with van der Waals surface area (Å²) in [6.45, 7) is 2.96. The lowest BCUT2D eigenvalue weighted by Gasteiger charge is -2.16. The largest absolute Gasteiger partial charge is 0.352 e. The Morgan fingerprint density at radius 2 is 1.85 bits per heavy atom. The van der Waals surface area contributed by atoms with Crippen molar-refractivity contribution in [3.63, 3.8) is 0 Å². The first-order valence-electron chi connectivity index (χ1n) is 9.18. The molecule has 1 aliphatic rings. The Morgan fingerprint density at radius 3 is 2.62 bits per heavy atom. The van der Waals surface area contributed by atoms with Crippen molar-refractivity contribution >= 4 is 23.7 Å². The van der Waals surface area contributed by atoms with E-state index in [9.17, 15) is 4.79 Å². The van der Waals surface area contributed by atoms with E-state index in [0.717, 1.165) is 31.8 Å². The van der Waals surface area contributed by atoms with Gasteiger partial charge in [-0.15, -0.1) is 11.8 Å². The van der Waals surface area contributed by atoms with Crippen molar-refractivity contribution in [2.45, 2.75) is 25.4 Å². The zero-order valence-corrected chi connectivity index (χ0v) is 15.8. The van der Waals surface area contributed by atoms with Crippen molar-refractivity contribution < 1.29 is 4.79 Å². The van der Waals surface area contributed by atoms with Crippen molar-refractivity contribution in [1.29, 1.82) is 0 Å². The summed E-state index contributed by atoms with van der Waals surface area (Å²) in [6, 6.07) is 21.0. The zero-order chi connectivity index (χ0) is 18.0. The van der Waals surface area contributed by atoms with Gasteiger partial charge in [-0.3, -0.25) is 9.69 Å². The van der Waals surface area contributed by atoms with Crippen LogP contribution < -0.4 is 5.32 Å². The smallest absolute Gasteiger partial charge is 0.221 e. The Morgan fingerprint density at radius 1 is 1.12 bits per heavy atom. The molecule has 0 bridgehead atoms. The molecule has 0 radical (unpaired) electrons. The lowest BCUT2D eigenvalue weighted by molar-refractivity contribution is -0.121. The Kier molecular flexibility index (Phi) is 7.35. The number of carbonyl (C=O) groups is 1. The highest BCUT2D eigenvalue weighted by atomic mass is 32.2. The minimum Gasteiger partial charge on any atom is -0.352 e. The summed E-state index contributed by atoms with van der Waals surface area (Å²) in [5.41, 5.74) is 2.52. The highest BCUT2D eigenvalue weighted by Gasteiger charge is 2.23. The molecule has 26 heavy (non-hydrogen) atoms. The molecule has 0 aliphatic carbocycles. The van der Waals surface area contributed by atoms with Gasteiger partial charge in [0.15, 0.2) is 0 Å². The Balaban J connectivity index is 1.31. The number of amides is 1. The van der Waals surface area contributed by atoms with E-state index in [2.05, 4.69) is 58.1 Å². The topological polar surface area (TPSA) is 32.3 Å². The lowest BCUT2D eigenvalue weighted by atomic mass is 10.2. The minimum absolute atomic E-state index is 0.164. The van der Waals surface area contributed by atoms with Crippen LogP contribution in [0.3, 0.4) is 0 Å². The van der Waals surface area contributed by atoms with Crippen molar-refractivity contribution in [3.05, 3.63) is 77.2 Å². The molecule has 0 spiro atoms. The molecule has 1 aliphatic heterocycles. The maximum absolute atomic E-state index is 12.1. The molecule has 1 fully saturated rings. The molecule has 2 aromatic rings. The second-order valence-electron chi connectivity index (χ2n) is 6.61. The normalized spacial score (nSPS) is 17.6. The van der Waals surface area contributed by atoms with Gasteiger partial charge in [-0.25, -0.2) is 0 Å². The Labute approximate surface area is 160 Å². The van der Waals surface area contributed by atoms with Gasteiger partial charge in [0, 0.05) is 37.8 Å². The molecular weight excluding hydrogens is 340 g/mol. The first-order chi connectivity index (χ1) is 12.8. The fourth-order valence-electron chi connectivity index (χ4n) is 3.15. The summed E-state index contributed by atoms with van der Waals surface area (Å²) >= 11 is 1.68. The number of rotatable bonds is 8. The van der Waals surface area contributed by atoms with E-state index >= 15 is 0 Å². The van der Waals surface area contributed by atoms with Gasteiger partial charge in [0.25, 0.3) is 0 Å². The SMILES string of the molecule is O=C(CCSC=Cc1ccccc1)NC1CCN(Cc2ccccc2)C1. The summed E-state index contributed by atoms with van der Waals surface area (Å²) in [4.78, 5) is 14.5. The van der Waals surface area contributed by atoms with Gasteiger partial charge in [0.05, 0.1) is 0 Å². The molecule has 2 aromatic carbocycles. The third-order valence-electron chi connectivity index (χ3n) is 4.49. The summed E-state index contributed by atoms with van der Waals surface area (Å²) in [7, 11) is 0. The predicted octanol–water partition coefficient (Wildman–Crippen LogP) is 4.17. The van der Waals surface area contributed by atoms with Crippen molar-refractivity contribution in [2.24, 2.45) is 0 Å². The van der Waals surface area contributed by atoms with Crippen LogP contribution >= 0.6 is 11.8 Å². The molecule has 4 heteroatoms. The van der Waals surface area contributed by atoms with Crippen molar-refractivity contribution in [1.82, 2.24) is 10.2 Å². The molecule has 1 amide bonds. The second kappa shape index (κ2) is 10.2. The maximum atomic E-state index is 12.1. The molecule has 136 valence electrons. The zero-order valence-electron chi connectivity index (χ0n) is 15.0. The van der Waals surface area contributed by atoms with Gasteiger partial charge < -0.3 is 5.32 Å². The number of carbonyl (C=O) groups excluding carboxylic acids is 1. The monoisotopic (exact) mass is 366 g/mol. The third kappa shape index (κ3) is 6.36. The van der Waals surface area contributed by atoms with Crippen LogP contribution in [0.1, 0.15) is 24.0 Å². The van der Waals surface area contributed by atoms with Gasteiger partial charge in [-0.1, -0.05) is 60.7 Å². The molecule has 1 saturated heterocycles. The first-order valence-corrected chi connectivity index (χ1v) is 10.2. The number of likely N-dealkylation sites (tertiary alicyclic amines) is 1. The molecular formula is C22H26N2OS. The molecule has 1 heterocycles. The van der Waals surface area contributed by atoms with E-state index in [1.54, 1.807) is 11.8 Å². The van der Waals surface area contributed by atoms with Gasteiger partial charge in [0.2, 0.25) is 5.91 Å². The van der Waals surface area contributed by atoms with Crippen LogP contribution in [0.25, 0.3) is 6.08 Å². The number of nitrogens with one attached hydrogen (secondary N) is 1. The Hall–Kier alpha value is -2.04. The van der Waals surface area contributed by atoms with Crippen LogP contribution in [0.5, 0.6) is 0 Å². The van der Waals surface area contributed by atoms with Crippen LogP contribution in [0, 0.1) is 0 Å². The molecule has 0 aromatic heterocycles. The van der Waals surface area contributed by atoms with Crippen molar-refractivity contribution in [3.8, 4) is 0 Å². The number of hydrogen-bond donors (Lipinski definition) is 1. The molecule has 0 saturated carbocycles. The van der Waals surface area contributed by atoms with Crippen LogP contribution in [-0.4, -0.2) is 35.7 Å². The molecule has 1 atom stereocenters. The average molecular weight is 367 g/mol. The van der Waals surface area contributed by atoms with Gasteiger partial charge in [0.1, 0.15) is 0 Å². The van der Waals surface area contributed by atoms with E-state index in [-0.39, 0.29) is 11.9 Å². The van der Waals surface area contributed by atoms with Gasteiger partial charge in [-0.2, -0.15) is 0 Å². The molecule has 3 rings (SSSR count). The number of hydrogen-bond acceptors (Lipinski definition) is 3. The predicted molar refractivity (Wildman–Crippen MR) is 111 cm³/mol. The Bertz CT molecular complexity index is 703. The van der Waals surface area contributed by atoms with E-state index in [1.165, 1.54) is 11.1 Å². The van der Waals surface area contributed by atoms with Gasteiger partial charge >= 0.3 is 0 Å². The van der Waals surface area contributed by atoms with E-state index < -0.39 is 0 Å². The number of nitrogens with zero attached hydrogens (tertiary/aromatic N) is 1. The highest BCUT2D eigenvalue weighted by molar-refractivity contribution is 8.02. The van der Waals surface area contributed by atoms with E-state index in [0.29, 0.717) is 6.42 Å². The summed E-state index contributed by atoms with van der Waals surface area (Å²) in [6.07, 6.45) is 3.69. The van der Waals surface area contributed by atoms with Crippen molar-refractivity contribution in [2.75, 3.05) is 18.8 Å². The van der Waals surface area contributed by atoms with Crippen LogP contribution in [0.2, 0.25) is 0 Å². The molecule has 3 nitrogen and oxygen atoms in total. The summed E-state index contributed by atoms with van der Waals surface area (Å²) in [5.74, 6) is 0.979. The molecule has 1 unspecified atom stereocenters. The quantitative estimate of drug-likeness (QED) is 0.712. The molecule has 1 N–H and O–H groups in total. The summed E-state index contributed by atoms with van der Waals surface area (Å²) < 4.78 is 0. The number of benzene rings is 2. The maximum Gasteiger partial charge on any atom is 0.221 e.